The van der Waals surface area contributed by atoms with E-state index in [9.17, 15) is 0 Å². The Bertz CT molecular complexity index is 677. The molecule has 2 aromatic rings. The van der Waals surface area contributed by atoms with Crippen LogP contribution in [0.25, 0.3) is 0 Å². The molecular formula is C19H27IN4O2. The zero-order valence-corrected chi connectivity index (χ0v) is 17.8. The second-order valence-electron chi connectivity index (χ2n) is 5.33. The van der Waals surface area contributed by atoms with E-state index in [1.165, 1.54) is 0 Å². The number of halogens is 1. The van der Waals surface area contributed by atoms with Gasteiger partial charge >= 0.3 is 0 Å². The van der Waals surface area contributed by atoms with Gasteiger partial charge in [-0.05, 0) is 43.2 Å². The Morgan fingerprint density at radius 1 is 1.08 bits per heavy atom. The maximum absolute atomic E-state index is 5.42. The van der Waals surface area contributed by atoms with Crippen molar-refractivity contribution in [3.8, 4) is 11.6 Å². The van der Waals surface area contributed by atoms with E-state index >= 15 is 0 Å². The molecule has 1 aromatic carbocycles. The fraction of sp³-hybridized carbons (Fsp3) is 0.368. The first-order chi connectivity index (χ1) is 12.2. The van der Waals surface area contributed by atoms with Gasteiger partial charge < -0.3 is 20.1 Å². The zero-order valence-electron chi connectivity index (χ0n) is 15.5. The van der Waals surface area contributed by atoms with Crippen LogP contribution in [0.1, 0.15) is 25.0 Å². The third kappa shape index (κ3) is 7.47. The van der Waals surface area contributed by atoms with Gasteiger partial charge in [0.15, 0.2) is 5.96 Å². The molecule has 0 saturated carbocycles. The second kappa shape index (κ2) is 12.3. The number of rotatable bonds is 8. The third-order valence-corrected chi connectivity index (χ3v) is 3.47. The van der Waals surface area contributed by atoms with Gasteiger partial charge in [0.2, 0.25) is 5.88 Å². The van der Waals surface area contributed by atoms with Crippen LogP contribution in [0.15, 0.2) is 47.6 Å². The first-order valence-corrected chi connectivity index (χ1v) is 8.48. The average Bonchev–Trinajstić information content (AvgIpc) is 2.65. The number of benzene rings is 1. The summed E-state index contributed by atoms with van der Waals surface area (Å²) in [5.74, 6) is 2.26. The Labute approximate surface area is 172 Å². The maximum atomic E-state index is 5.42. The highest BCUT2D eigenvalue weighted by molar-refractivity contribution is 14.0. The van der Waals surface area contributed by atoms with Gasteiger partial charge in [-0.1, -0.05) is 12.1 Å². The summed E-state index contributed by atoms with van der Waals surface area (Å²) in [6.45, 7) is 6.64. The van der Waals surface area contributed by atoms with Crippen LogP contribution in [0.4, 0.5) is 0 Å². The van der Waals surface area contributed by atoms with Crippen molar-refractivity contribution >= 4 is 29.9 Å². The lowest BCUT2D eigenvalue weighted by Crippen LogP contribution is -2.36. The fourth-order valence-corrected chi connectivity index (χ4v) is 2.22. The van der Waals surface area contributed by atoms with Crippen LogP contribution in [0.3, 0.4) is 0 Å². The lowest BCUT2D eigenvalue weighted by molar-refractivity contribution is 0.326. The van der Waals surface area contributed by atoms with E-state index in [-0.39, 0.29) is 24.0 Å². The summed E-state index contributed by atoms with van der Waals surface area (Å²) in [6, 6.07) is 11.8. The molecule has 0 aliphatic heterocycles. The monoisotopic (exact) mass is 470 g/mol. The van der Waals surface area contributed by atoms with Crippen molar-refractivity contribution in [3.05, 3.63) is 53.7 Å². The van der Waals surface area contributed by atoms with Crippen LogP contribution in [-0.2, 0) is 13.1 Å². The molecule has 0 unspecified atom stereocenters. The quantitative estimate of drug-likeness (QED) is 0.352. The highest BCUT2D eigenvalue weighted by Gasteiger charge is 2.01. The summed E-state index contributed by atoms with van der Waals surface area (Å²) < 4.78 is 10.6. The summed E-state index contributed by atoms with van der Waals surface area (Å²) in [6.07, 6.45) is 1.74. The average molecular weight is 470 g/mol. The van der Waals surface area contributed by atoms with E-state index in [0.29, 0.717) is 25.6 Å². The van der Waals surface area contributed by atoms with Gasteiger partial charge in [0.1, 0.15) is 5.75 Å². The molecular weight excluding hydrogens is 443 g/mol. The van der Waals surface area contributed by atoms with Gasteiger partial charge in [-0.25, -0.2) is 9.98 Å². The third-order valence-electron chi connectivity index (χ3n) is 3.47. The second-order valence-corrected chi connectivity index (χ2v) is 5.33. The Morgan fingerprint density at radius 2 is 1.85 bits per heavy atom. The predicted octanol–water partition coefficient (Wildman–Crippen LogP) is 3.36. The molecule has 0 aliphatic rings. The normalized spacial score (nSPS) is 10.7. The number of pyridine rings is 1. The van der Waals surface area contributed by atoms with Crippen molar-refractivity contribution in [2.75, 3.05) is 20.3 Å². The SMILES string of the molecule is CCNC(=NCc1ccnc(OCC)c1)NCc1ccc(OC)cc1.I. The van der Waals surface area contributed by atoms with Crippen molar-refractivity contribution in [3.63, 3.8) is 0 Å². The van der Waals surface area contributed by atoms with Crippen LogP contribution in [-0.4, -0.2) is 31.2 Å². The Hall–Kier alpha value is -2.03. The number of hydrogen-bond acceptors (Lipinski definition) is 4. The van der Waals surface area contributed by atoms with Crippen molar-refractivity contribution in [1.29, 1.82) is 0 Å². The molecule has 0 bridgehead atoms. The number of nitrogens with zero attached hydrogens (tertiary/aromatic N) is 2. The fourth-order valence-electron chi connectivity index (χ4n) is 2.22. The standard InChI is InChI=1S/C19H26N4O2.HI/c1-4-20-19(22-13-15-6-8-17(24-3)9-7-15)23-14-16-10-11-21-18(12-16)25-5-2;/h6-12H,4-5,13-14H2,1-3H3,(H2,20,22,23);1H. The molecule has 26 heavy (non-hydrogen) atoms. The summed E-state index contributed by atoms with van der Waals surface area (Å²) in [5, 5.41) is 6.59. The number of aromatic nitrogens is 1. The lowest BCUT2D eigenvalue weighted by atomic mass is 10.2. The summed E-state index contributed by atoms with van der Waals surface area (Å²) in [5.41, 5.74) is 2.22. The molecule has 0 amide bonds. The molecule has 6 nitrogen and oxygen atoms in total. The maximum Gasteiger partial charge on any atom is 0.213 e. The van der Waals surface area contributed by atoms with E-state index in [0.717, 1.165) is 29.4 Å². The molecule has 0 atom stereocenters. The van der Waals surface area contributed by atoms with E-state index in [2.05, 4.69) is 20.6 Å². The number of nitrogens with one attached hydrogen (secondary N) is 2. The topological polar surface area (TPSA) is 67.8 Å². The number of ether oxygens (including phenoxy) is 2. The summed E-state index contributed by atoms with van der Waals surface area (Å²) in [7, 11) is 1.67. The molecule has 0 spiro atoms. The van der Waals surface area contributed by atoms with E-state index in [1.807, 2.05) is 50.2 Å². The number of methoxy groups -OCH3 is 1. The number of aliphatic imine (C=N–C) groups is 1. The van der Waals surface area contributed by atoms with Gasteiger partial charge in [0, 0.05) is 25.4 Å². The van der Waals surface area contributed by atoms with Crippen molar-refractivity contribution in [2.45, 2.75) is 26.9 Å². The van der Waals surface area contributed by atoms with Crippen molar-refractivity contribution in [1.82, 2.24) is 15.6 Å². The summed E-state index contributed by atoms with van der Waals surface area (Å²) in [4.78, 5) is 8.79. The van der Waals surface area contributed by atoms with Crippen LogP contribution >= 0.6 is 24.0 Å². The lowest BCUT2D eigenvalue weighted by Gasteiger charge is -2.12. The highest BCUT2D eigenvalue weighted by atomic mass is 127. The van der Waals surface area contributed by atoms with Gasteiger partial charge in [0.05, 0.1) is 20.3 Å². The van der Waals surface area contributed by atoms with E-state index in [1.54, 1.807) is 13.3 Å². The molecule has 1 heterocycles. The van der Waals surface area contributed by atoms with Gasteiger partial charge in [-0.15, -0.1) is 24.0 Å². The predicted molar refractivity (Wildman–Crippen MR) is 115 cm³/mol. The minimum atomic E-state index is 0. The van der Waals surface area contributed by atoms with Crippen LogP contribution < -0.4 is 20.1 Å². The zero-order chi connectivity index (χ0) is 17.9. The molecule has 2 N–H and O–H groups in total. The Morgan fingerprint density at radius 3 is 2.50 bits per heavy atom. The molecule has 0 saturated heterocycles. The molecule has 2 rings (SSSR count). The highest BCUT2D eigenvalue weighted by Crippen LogP contribution is 2.11. The molecule has 0 fully saturated rings. The molecule has 0 radical (unpaired) electrons. The van der Waals surface area contributed by atoms with E-state index in [4.69, 9.17) is 9.47 Å². The first kappa shape index (κ1) is 22.0. The molecule has 0 aliphatic carbocycles. The van der Waals surface area contributed by atoms with Gasteiger partial charge in [0.25, 0.3) is 0 Å². The van der Waals surface area contributed by atoms with E-state index < -0.39 is 0 Å². The number of guanidine groups is 1. The minimum Gasteiger partial charge on any atom is -0.497 e. The van der Waals surface area contributed by atoms with Crippen LogP contribution in [0.5, 0.6) is 11.6 Å². The molecule has 142 valence electrons. The first-order valence-electron chi connectivity index (χ1n) is 8.48. The van der Waals surface area contributed by atoms with Crippen LogP contribution in [0.2, 0.25) is 0 Å². The van der Waals surface area contributed by atoms with Crippen molar-refractivity contribution < 1.29 is 9.47 Å². The molecule has 1 aromatic heterocycles. The Kier molecular flexibility index (Phi) is 10.5. The molecule has 7 heteroatoms. The van der Waals surface area contributed by atoms with Crippen molar-refractivity contribution in [2.24, 2.45) is 4.99 Å². The minimum absolute atomic E-state index is 0. The van der Waals surface area contributed by atoms with Gasteiger partial charge in [-0.3, -0.25) is 0 Å². The smallest absolute Gasteiger partial charge is 0.213 e. The Balaban J connectivity index is 0.00000338. The van der Waals surface area contributed by atoms with Crippen LogP contribution in [0, 0.1) is 0 Å². The van der Waals surface area contributed by atoms with Gasteiger partial charge in [-0.2, -0.15) is 0 Å². The number of hydrogen-bond donors (Lipinski definition) is 2. The largest absolute Gasteiger partial charge is 0.497 e. The summed E-state index contributed by atoms with van der Waals surface area (Å²) >= 11 is 0.